The molecule has 18 heavy (non-hydrogen) atoms. The number of rotatable bonds is 5. The SMILES string of the molecule is CCCNc1nc(C2CC2)nc(-n2ccnc2)n1. The lowest BCUT2D eigenvalue weighted by Crippen LogP contribution is -2.11. The van der Waals surface area contributed by atoms with Gasteiger partial charge >= 0.3 is 0 Å². The standard InChI is InChI=1S/C12H16N6/c1-2-5-14-11-15-10(9-3-4-9)16-12(17-11)18-7-6-13-8-18/h6-9H,2-5H2,1H3,(H,14,15,16,17). The summed E-state index contributed by atoms with van der Waals surface area (Å²) in [5.41, 5.74) is 0. The van der Waals surface area contributed by atoms with Crippen LogP contribution in [0.5, 0.6) is 0 Å². The molecule has 0 bridgehead atoms. The van der Waals surface area contributed by atoms with Crippen molar-refractivity contribution in [1.29, 1.82) is 0 Å². The summed E-state index contributed by atoms with van der Waals surface area (Å²) in [5, 5.41) is 3.22. The molecule has 2 heterocycles. The molecule has 1 saturated carbocycles. The Morgan fingerprint density at radius 1 is 1.33 bits per heavy atom. The molecule has 1 N–H and O–H groups in total. The average molecular weight is 244 g/mol. The van der Waals surface area contributed by atoms with Gasteiger partial charge in [-0.25, -0.2) is 4.98 Å². The van der Waals surface area contributed by atoms with Crippen molar-refractivity contribution in [3.05, 3.63) is 24.5 Å². The van der Waals surface area contributed by atoms with E-state index in [9.17, 15) is 0 Å². The summed E-state index contributed by atoms with van der Waals surface area (Å²) in [6, 6.07) is 0. The summed E-state index contributed by atoms with van der Waals surface area (Å²) in [6.07, 6.45) is 8.68. The van der Waals surface area contributed by atoms with Crippen molar-refractivity contribution >= 4 is 5.95 Å². The van der Waals surface area contributed by atoms with Gasteiger partial charge in [-0.05, 0) is 19.3 Å². The predicted molar refractivity (Wildman–Crippen MR) is 67.7 cm³/mol. The number of anilines is 1. The average Bonchev–Trinajstić information content (AvgIpc) is 3.11. The van der Waals surface area contributed by atoms with E-state index in [0.717, 1.165) is 18.8 Å². The molecule has 6 nitrogen and oxygen atoms in total. The molecule has 0 unspecified atom stereocenters. The number of nitrogens with zero attached hydrogens (tertiary/aromatic N) is 5. The van der Waals surface area contributed by atoms with Crippen LogP contribution in [0.2, 0.25) is 0 Å². The molecule has 0 atom stereocenters. The van der Waals surface area contributed by atoms with E-state index in [2.05, 4.69) is 32.2 Å². The van der Waals surface area contributed by atoms with Crippen LogP contribution in [0.1, 0.15) is 37.9 Å². The van der Waals surface area contributed by atoms with Gasteiger partial charge in [0.1, 0.15) is 12.2 Å². The van der Waals surface area contributed by atoms with Crippen LogP contribution in [0.4, 0.5) is 5.95 Å². The fourth-order valence-electron chi connectivity index (χ4n) is 1.71. The molecular formula is C12H16N6. The summed E-state index contributed by atoms with van der Waals surface area (Å²) in [5.74, 6) is 2.71. The summed E-state index contributed by atoms with van der Waals surface area (Å²) in [6.45, 7) is 2.99. The van der Waals surface area contributed by atoms with Crippen molar-refractivity contribution in [3.8, 4) is 5.95 Å². The molecular weight excluding hydrogens is 228 g/mol. The summed E-state index contributed by atoms with van der Waals surface area (Å²) in [7, 11) is 0. The third-order valence-electron chi connectivity index (χ3n) is 2.85. The number of hydrogen-bond donors (Lipinski definition) is 1. The minimum Gasteiger partial charge on any atom is -0.354 e. The van der Waals surface area contributed by atoms with E-state index >= 15 is 0 Å². The van der Waals surface area contributed by atoms with Crippen molar-refractivity contribution in [2.75, 3.05) is 11.9 Å². The van der Waals surface area contributed by atoms with Gasteiger partial charge in [-0.15, -0.1) is 0 Å². The van der Waals surface area contributed by atoms with Crippen molar-refractivity contribution in [2.24, 2.45) is 0 Å². The summed E-state index contributed by atoms with van der Waals surface area (Å²) < 4.78 is 1.81. The van der Waals surface area contributed by atoms with E-state index in [1.54, 1.807) is 12.5 Å². The Kier molecular flexibility index (Phi) is 2.92. The molecule has 94 valence electrons. The lowest BCUT2D eigenvalue weighted by molar-refractivity contribution is 0.819. The quantitative estimate of drug-likeness (QED) is 0.867. The topological polar surface area (TPSA) is 68.5 Å². The fourth-order valence-corrected chi connectivity index (χ4v) is 1.71. The lowest BCUT2D eigenvalue weighted by atomic mass is 10.4. The van der Waals surface area contributed by atoms with Gasteiger partial charge in [0.05, 0.1) is 0 Å². The van der Waals surface area contributed by atoms with Gasteiger partial charge in [-0.2, -0.15) is 15.0 Å². The predicted octanol–water partition coefficient (Wildman–Crippen LogP) is 1.76. The molecule has 0 spiro atoms. The first kappa shape index (κ1) is 11.1. The van der Waals surface area contributed by atoms with E-state index in [-0.39, 0.29) is 0 Å². The first-order chi connectivity index (χ1) is 8.86. The second-order valence-electron chi connectivity index (χ2n) is 4.49. The molecule has 3 rings (SSSR count). The van der Waals surface area contributed by atoms with Crippen LogP contribution in [0, 0.1) is 0 Å². The van der Waals surface area contributed by atoms with Gasteiger partial charge < -0.3 is 5.32 Å². The zero-order valence-corrected chi connectivity index (χ0v) is 10.4. The Morgan fingerprint density at radius 3 is 2.89 bits per heavy atom. The van der Waals surface area contributed by atoms with E-state index in [0.29, 0.717) is 17.8 Å². The van der Waals surface area contributed by atoms with Crippen LogP contribution in [0.25, 0.3) is 5.95 Å². The fraction of sp³-hybridized carbons (Fsp3) is 0.500. The third-order valence-corrected chi connectivity index (χ3v) is 2.85. The molecule has 1 aliphatic rings. The first-order valence-corrected chi connectivity index (χ1v) is 6.35. The highest BCUT2D eigenvalue weighted by Gasteiger charge is 2.27. The zero-order valence-electron chi connectivity index (χ0n) is 10.4. The Hall–Kier alpha value is -1.98. The number of hydrogen-bond acceptors (Lipinski definition) is 5. The Labute approximate surface area is 106 Å². The van der Waals surface area contributed by atoms with Crippen molar-refractivity contribution in [1.82, 2.24) is 24.5 Å². The van der Waals surface area contributed by atoms with E-state index in [4.69, 9.17) is 0 Å². The van der Waals surface area contributed by atoms with Gasteiger partial charge in [-0.1, -0.05) is 6.92 Å². The third kappa shape index (κ3) is 2.32. The van der Waals surface area contributed by atoms with Crippen LogP contribution in [0.15, 0.2) is 18.7 Å². The van der Waals surface area contributed by atoms with Gasteiger partial charge in [0, 0.05) is 24.9 Å². The zero-order chi connectivity index (χ0) is 12.4. The van der Waals surface area contributed by atoms with Gasteiger partial charge in [-0.3, -0.25) is 4.57 Å². The van der Waals surface area contributed by atoms with Crippen LogP contribution in [0.3, 0.4) is 0 Å². The van der Waals surface area contributed by atoms with Gasteiger partial charge in [0.2, 0.25) is 11.9 Å². The molecule has 0 saturated heterocycles. The first-order valence-electron chi connectivity index (χ1n) is 6.35. The summed E-state index contributed by atoms with van der Waals surface area (Å²) in [4.78, 5) is 17.4. The molecule has 0 aromatic carbocycles. The van der Waals surface area contributed by atoms with Crippen LogP contribution in [-0.2, 0) is 0 Å². The maximum atomic E-state index is 4.51. The number of nitrogens with one attached hydrogen (secondary N) is 1. The number of aromatic nitrogens is 5. The molecule has 1 aliphatic carbocycles. The summed E-state index contributed by atoms with van der Waals surface area (Å²) >= 11 is 0. The maximum absolute atomic E-state index is 4.51. The van der Waals surface area contributed by atoms with Gasteiger partial charge in [0.25, 0.3) is 0 Å². The number of imidazole rings is 1. The van der Waals surface area contributed by atoms with Crippen LogP contribution >= 0.6 is 0 Å². The van der Waals surface area contributed by atoms with Crippen LogP contribution in [-0.4, -0.2) is 31.0 Å². The molecule has 0 radical (unpaired) electrons. The largest absolute Gasteiger partial charge is 0.354 e. The molecule has 6 heteroatoms. The minimum atomic E-state index is 0.512. The molecule has 2 aromatic rings. The molecule has 0 amide bonds. The van der Waals surface area contributed by atoms with Crippen LogP contribution < -0.4 is 5.32 Å². The lowest BCUT2D eigenvalue weighted by Gasteiger charge is -2.07. The highest BCUT2D eigenvalue weighted by molar-refractivity contribution is 5.30. The van der Waals surface area contributed by atoms with Crippen molar-refractivity contribution < 1.29 is 0 Å². The monoisotopic (exact) mass is 244 g/mol. The highest BCUT2D eigenvalue weighted by atomic mass is 15.2. The normalized spacial score (nSPS) is 14.7. The molecule has 2 aromatic heterocycles. The minimum absolute atomic E-state index is 0.512. The second kappa shape index (κ2) is 4.72. The van der Waals surface area contributed by atoms with Crippen molar-refractivity contribution in [2.45, 2.75) is 32.1 Å². The van der Waals surface area contributed by atoms with E-state index in [1.165, 1.54) is 12.8 Å². The Morgan fingerprint density at radius 2 is 2.22 bits per heavy atom. The molecule has 1 fully saturated rings. The molecule has 0 aliphatic heterocycles. The highest BCUT2D eigenvalue weighted by Crippen LogP contribution is 2.38. The van der Waals surface area contributed by atoms with E-state index in [1.807, 2.05) is 10.8 Å². The Balaban J connectivity index is 1.94. The van der Waals surface area contributed by atoms with E-state index < -0.39 is 0 Å². The smallest absolute Gasteiger partial charge is 0.239 e. The van der Waals surface area contributed by atoms with Crippen molar-refractivity contribution in [3.63, 3.8) is 0 Å². The second-order valence-corrected chi connectivity index (χ2v) is 4.49. The maximum Gasteiger partial charge on any atom is 0.239 e. The van der Waals surface area contributed by atoms with Gasteiger partial charge in [0.15, 0.2) is 0 Å². The Bertz CT molecular complexity index is 517.